The zero-order valence-electron chi connectivity index (χ0n) is 9.53. The normalized spacial score (nSPS) is 9.47. The Labute approximate surface area is 105 Å². The van der Waals surface area contributed by atoms with E-state index in [1.807, 2.05) is 18.2 Å². The number of benzene rings is 1. The van der Waals surface area contributed by atoms with Gasteiger partial charge in [-0.3, -0.25) is 4.79 Å². The van der Waals surface area contributed by atoms with Crippen molar-refractivity contribution >= 4 is 28.9 Å². The molecule has 0 saturated carbocycles. The van der Waals surface area contributed by atoms with E-state index in [0.29, 0.717) is 18.9 Å². The highest BCUT2D eigenvalue weighted by Crippen LogP contribution is 2.16. The molecule has 0 aromatic heterocycles. The van der Waals surface area contributed by atoms with Crippen LogP contribution in [0, 0.1) is 0 Å². The predicted octanol–water partition coefficient (Wildman–Crippen LogP) is 0.857. The molecule has 0 fully saturated rings. The Morgan fingerprint density at radius 3 is 2.94 bits per heavy atom. The lowest BCUT2D eigenvalue weighted by atomic mass is 10.3. The molecule has 0 aliphatic rings. The van der Waals surface area contributed by atoms with E-state index < -0.39 is 0 Å². The number of carbonyl (C=O) groups excluding carboxylic acids is 1. The molecule has 0 unspecified atom stereocenters. The first-order valence-corrected chi connectivity index (χ1v) is 5.52. The molecule has 92 valence electrons. The van der Waals surface area contributed by atoms with Gasteiger partial charge >= 0.3 is 0 Å². The largest absolute Gasteiger partial charge is 0.492 e. The Hall–Kier alpha value is -1.82. The second-order valence-corrected chi connectivity index (χ2v) is 3.79. The van der Waals surface area contributed by atoms with E-state index in [1.54, 1.807) is 6.07 Å². The standard InChI is InChI=1S/C11H15N3O2S/c1-8(15)13-5-6-16-10-4-2-3-9(7-10)14-11(12)17/h2-4,7H,5-6H2,1H3,(H,13,15)(H3,12,14,17). The third-order valence-corrected chi connectivity index (χ3v) is 1.95. The summed E-state index contributed by atoms with van der Waals surface area (Å²) in [7, 11) is 0. The summed E-state index contributed by atoms with van der Waals surface area (Å²) in [6.07, 6.45) is 0. The number of amides is 1. The van der Waals surface area contributed by atoms with Crippen LogP contribution in [-0.2, 0) is 4.79 Å². The zero-order valence-corrected chi connectivity index (χ0v) is 10.3. The van der Waals surface area contributed by atoms with Gasteiger partial charge in [0.15, 0.2) is 5.11 Å². The van der Waals surface area contributed by atoms with Crippen molar-refractivity contribution in [1.82, 2.24) is 5.32 Å². The Bertz CT molecular complexity index is 409. The number of hydrogen-bond donors (Lipinski definition) is 3. The molecular weight excluding hydrogens is 238 g/mol. The number of carbonyl (C=O) groups is 1. The van der Waals surface area contributed by atoms with E-state index in [4.69, 9.17) is 22.7 Å². The van der Waals surface area contributed by atoms with Gasteiger partial charge in [0, 0.05) is 18.7 Å². The van der Waals surface area contributed by atoms with Crippen LogP contribution in [0.1, 0.15) is 6.92 Å². The monoisotopic (exact) mass is 253 g/mol. The first kappa shape index (κ1) is 13.2. The summed E-state index contributed by atoms with van der Waals surface area (Å²) in [5.74, 6) is 0.620. The number of ether oxygens (including phenoxy) is 1. The Kier molecular flexibility index (Phi) is 5.22. The van der Waals surface area contributed by atoms with Crippen LogP contribution in [0.4, 0.5) is 5.69 Å². The molecule has 0 saturated heterocycles. The molecule has 0 heterocycles. The van der Waals surface area contributed by atoms with Crippen LogP contribution in [-0.4, -0.2) is 24.2 Å². The van der Waals surface area contributed by atoms with Crippen molar-refractivity contribution in [2.45, 2.75) is 6.92 Å². The highest BCUT2D eigenvalue weighted by molar-refractivity contribution is 7.80. The van der Waals surface area contributed by atoms with Crippen molar-refractivity contribution in [3.05, 3.63) is 24.3 Å². The first-order chi connectivity index (χ1) is 8.08. The Morgan fingerprint density at radius 2 is 2.29 bits per heavy atom. The molecule has 1 aromatic carbocycles. The number of thiocarbonyl (C=S) groups is 1. The van der Waals surface area contributed by atoms with E-state index in [2.05, 4.69) is 10.6 Å². The van der Waals surface area contributed by atoms with E-state index in [9.17, 15) is 4.79 Å². The molecule has 6 heteroatoms. The zero-order chi connectivity index (χ0) is 12.7. The Morgan fingerprint density at radius 1 is 1.53 bits per heavy atom. The van der Waals surface area contributed by atoms with E-state index in [1.165, 1.54) is 6.92 Å². The average molecular weight is 253 g/mol. The van der Waals surface area contributed by atoms with Crippen LogP contribution in [0.15, 0.2) is 24.3 Å². The van der Waals surface area contributed by atoms with Crippen molar-refractivity contribution in [2.24, 2.45) is 5.73 Å². The highest BCUT2D eigenvalue weighted by Gasteiger charge is 1.98. The van der Waals surface area contributed by atoms with Crippen molar-refractivity contribution in [3.8, 4) is 5.75 Å². The highest BCUT2D eigenvalue weighted by atomic mass is 32.1. The van der Waals surface area contributed by atoms with Crippen LogP contribution in [0.2, 0.25) is 0 Å². The fourth-order valence-electron chi connectivity index (χ4n) is 1.20. The molecule has 5 nitrogen and oxygen atoms in total. The lowest BCUT2D eigenvalue weighted by molar-refractivity contribution is -0.119. The minimum Gasteiger partial charge on any atom is -0.492 e. The predicted molar refractivity (Wildman–Crippen MR) is 71.0 cm³/mol. The maximum Gasteiger partial charge on any atom is 0.216 e. The fraction of sp³-hybridized carbons (Fsp3) is 0.273. The number of nitrogens with one attached hydrogen (secondary N) is 2. The SMILES string of the molecule is CC(=O)NCCOc1cccc(NC(N)=S)c1. The molecule has 0 bridgehead atoms. The molecule has 1 rings (SSSR count). The number of nitrogens with two attached hydrogens (primary N) is 1. The summed E-state index contributed by atoms with van der Waals surface area (Å²) in [4.78, 5) is 10.6. The van der Waals surface area contributed by atoms with Gasteiger partial charge < -0.3 is 21.1 Å². The summed E-state index contributed by atoms with van der Waals surface area (Å²) in [6.45, 7) is 2.35. The minimum absolute atomic E-state index is 0.0718. The van der Waals surface area contributed by atoms with Gasteiger partial charge in [0.2, 0.25) is 5.91 Å². The minimum atomic E-state index is -0.0718. The molecule has 17 heavy (non-hydrogen) atoms. The van der Waals surface area contributed by atoms with Gasteiger partial charge in [-0.2, -0.15) is 0 Å². The molecule has 1 amide bonds. The topological polar surface area (TPSA) is 76.4 Å². The summed E-state index contributed by atoms with van der Waals surface area (Å²) in [6, 6.07) is 7.26. The quantitative estimate of drug-likeness (QED) is 0.536. The van der Waals surface area contributed by atoms with Crippen LogP contribution >= 0.6 is 12.2 Å². The van der Waals surface area contributed by atoms with E-state index in [-0.39, 0.29) is 11.0 Å². The average Bonchev–Trinajstić information content (AvgIpc) is 2.24. The van der Waals surface area contributed by atoms with Crippen molar-refractivity contribution in [3.63, 3.8) is 0 Å². The van der Waals surface area contributed by atoms with Gasteiger partial charge in [-0.1, -0.05) is 6.07 Å². The van der Waals surface area contributed by atoms with E-state index in [0.717, 1.165) is 5.69 Å². The van der Waals surface area contributed by atoms with Crippen molar-refractivity contribution in [2.75, 3.05) is 18.5 Å². The Balaban J connectivity index is 2.42. The lowest BCUT2D eigenvalue weighted by Crippen LogP contribution is -2.25. The van der Waals surface area contributed by atoms with Gasteiger partial charge in [0.05, 0.1) is 6.54 Å². The molecular formula is C11H15N3O2S. The first-order valence-electron chi connectivity index (χ1n) is 5.11. The van der Waals surface area contributed by atoms with Gasteiger partial charge in [0.1, 0.15) is 12.4 Å². The number of rotatable bonds is 5. The molecule has 1 aromatic rings. The molecule has 0 atom stereocenters. The van der Waals surface area contributed by atoms with Crippen LogP contribution in [0.5, 0.6) is 5.75 Å². The molecule has 4 N–H and O–H groups in total. The molecule has 0 radical (unpaired) electrons. The smallest absolute Gasteiger partial charge is 0.216 e. The van der Waals surface area contributed by atoms with Crippen LogP contribution in [0.3, 0.4) is 0 Å². The molecule has 0 aliphatic carbocycles. The number of anilines is 1. The maximum atomic E-state index is 10.6. The van der Waals surface area contributed by atoms with Gasteiger partial charge in [-0.05, 0) is 24.4 Å². The summed E-state index contributed by atoms with van der Waals surface area (Å²) >= 11 is 4.73. The third-order valence-electron chi connectivity index (χ3n) is 1.85. The van der Waals surface area contributed by atoms with Gasteiger partial charge in [0.25, 0.3) is 0 Å². The van der Waals surface area contributed by atoms with E-state index >= 15 is 0 Å². The summed E-state index contributed by atoms with van der Waals surface area (Å²) in [5.41, 5.74) is 6.13. The van der Waals surface area contributed by atoms with Gasteiger partial charge in [-0.25, -0.2) is 0 Å². The van der Waals surface area contributed by atoms with Crippen molar-refractivity contribution < 1.29 is 9.53 Å². The van der Waals surface area contributed by atoms with Crippen LogP contribution < -0.4 is 21.1 Å². The van der Waals surface area contributed by atoms with Crippen molar-refractivity contribution in [1.29, 1.82) is 0 Å². The van der Waals surface area contributed by atoms with Gasteiger partial charge in [-0.15, -0.1) is 0 Å². The maximum absolute atomic E-state index is 10.6. The molecule has 0 aliphatic heterocycles. The summed E-state index contributed by atoms with van der Waals surface area (Å²) in [5, 5.41) is 5.66. The number of hydrogen-bond acceptors (Lipinski definition) is 3. The fourth-order valence-corrected chi connectivity index (χ4v) is 1.32. The second kappa shape index (κ2) is 6.70. The second-order valence-electron chi connectivity index (χ2n) is 3.35. The lowest BCUT2D eigenvalue weighted by Gasteiger charge is -2.09. The molecule has 0 spiro atoms. The summed E-state index contributed by atoms with van der Waals surface area (Å²) < 4.78 is 5.44. The third kappa shape index (κ3) is 5.72. The van der Waals surface area contributed by atoms with Crippen LogP contribution in [0.25, 0.3) is 0 Å².